The number of anilines is 2. The molecule has 0 radical (unpaired) electrons. The maximum absolute atomic E-state index is 13.0. The number of rotatable bonds is 9. The molecule has 1 fully saturated rings. The minimum absolute atomic E-state index is 0.0387. The minimum atomic E-state index is -0.195. The lowest BCUT2D eigenvalue weighted by Gasteiger charge is -2.49. The molecule has 6 heteroatoms. The average Bonchev–Trinajstić information content (AvgIpc) is 3.15. The Morgan fingerprint density at radius 3 is 1.92 bits per heavy atom. The molecule has 1 N–H and O–H groups in total. The SMILES string of the molecule is C=CC(C(=O)Nc1cccc2cccnc12)C(C)C.CC(C)C1C(=O)N(c2cccc3cccnc23)C1CCc1ccccc1.Cc1ccccc1. The minimum Gasteiger partial charge on any atom is -0.324 e. The number of aromatic nitrogens is 2. The van der Waals surface area contributed by atoms with Gasteiger partial charge in [-0.2, -0.15) is 0 Å². The molecule has 1 saturated heterocycles. The Balaban J connectivity index is 0.000000175. The Bertz CT molecular complexity index is 2070. The molecule has 0 saturated carbocycles. The van der Waals surface area contributed by atoms with Gasteiger partial charge in [-0.05, 0) is 61.4 Å². The van der Waals surface area contributed by atoms with Gasteiger partial charge in [0.15, 0.2) is 0 Å². The van der Waals surface area contributed by atoms with Crippen molar-refractivity contribution in [2.45, 2.75) is 53.5 Å². The maximum Gasteiger partial charge on any atom is 0.232 e. The van der Waals surface area contributed by atoms with E-state index in [1.807, 2.05) is 91.5 Å². The van der Waals surface area contributed by atoms with Gasteiger partial charge in [0.25, 0.3) is 0 Å². The van der Waals surface area contributed by atoms with Crippen molar-refractivity contribution in [2.24, 2.45) is 23.7 Å². The molecule has 4 aromatic carbocycles. The van der Waals surface area contributed by atoms with Crippen LogP contribution in [0, 0.1) is 30.6 Å². The van der Waals surface area contributed by atoms with Gasteiger partial charge in [-0.15, -0.1) is 6.58 Å². The number of aryl methyl sites for hydroxylation is 2. The molecule has 1 aliphatic heterocycles. The summed E-state index contributed by atoms with van der Waals surface area (Å²) in [5, 5.41) is 5.03. The summed E-state index contributed by atoms with van der Waals surface area (Å²) in [6, 6.07) is 40.7. The molecule has 3 heterocycles. The number of carbonyl (C=O) groups excluding carboxylic acids is 2. The second-order valence-electron chi connectivity index (χ2n) is 14.0. The van der Waals surface area contributed by atoms with Crippen molar-refractivity contribution in [3.8, 4) is 0 Å². The van der Waals surface area contributed by atoms with Crippen molar-refractivity contribution in [3.63, 3.8) is 0 Å². The van der Waals surface area contributed by atoms with E-state index in [1.165, 1.54) is 11.1 Å². The second-order valence-corrected chi connectivity index (χ2v) is 14.0. The number of pyridine rings is 2. The van der Waals surface area contributed by atoms with Gasteiger partial charge in [0.1, 0.15) is 0 Å². The van der Waals surface area contributed by atoms with Crippen LogP contribution in [0.3, 0.4) is 0 Å². The summed E-state index contributed by atoms with van der Waals surface area (Å²) in [5.41, 5.74) is 6.06. The number of carbonyl (C=O) groups is 2. The summed E-state index contributed by atoms with van der Waals surface area (Å²) >= 11 is 0. The molecule has 2 aromatic heterocycles. The molecule has 52 heavy (non-hydrogen) atoms. The maximum atomic E-state index is 13.0. The van der Waals surface area contributed by atoms with E-state index < -0.39 is 0 Å². The zero-order valence-corrected chi connectivity index (χ0v) is 30.9. The van der Waals surface area contributed by atoms with E-state index in [0.29, 0.717) is 5.92 Å². The van der Waals surface area contributed by atoms with Crippen molar-refractivity contribution in [1.29, 1.82) is 0 Å². The standard InChI is InChI=1S/C23H24N2O.C16H18N2O.C7H8/c1-16(2)21-19(14-13-17-8-4-3-5-9-17)25(23(21)26)20-12-6-10-18-11-7-15-24-22(18)20;1-4-13(11(2)3)16(19)18-14-9-5-7-12-8-6-10-17-15(12)14;1-7-5-3-2-4-6-7/h3-12,15-16,19,21H,13-14H2,1-2H3;4-11,13H,1H2,2-3H3,(H,18,19);2-6H,1H3. The van der Waals surface area contributed by atoms with Crippen LogP contribution >= 0.6 is 0 Å². The fourth-order valence-corrected chi connectivity index (χ4v) is 6.78. The Labute approximate surface area is 308 Å². The number of hydrogen-bond acceptors (Lipinski definition) is 4. The predicted molar refractivity (Wildman–Crippen MR) is 216 cm³/mol. The first-order valence-electron chi connectivity index (χ1n) is 18.2. The number of fused-ring (bicyclic) bond motifs is 2. The van der Waals surface area contributed by atoms with Crippen LogP contribution in [-0.2, 0) is 16.0 Å². The van der Waals surface area contributed by atoms with E-state index in [9.17, 15) is 9.59 Å². The van der Waals surface area contributed by atoms with Gasteiger partial charge in [0, 0.05) is 29.2 Å². The van der Waals surface area contributed by atoms with Crippen LogP contribution < -0.4 is 10.2 Å². The molecule has 0 bridgehead atoms. The first-order chi connectivity index (χ1) is 25.2. The number of hydrogen-bond donors (Lipinski definition) is 1. The number of para-hydroxylation sites is 2. The molecule has 0 aliphatic carbocycles. The number of β-lactam (4-membered cyclic amide) rings is 1. The summed E-state index contributed by atoms with van der Waals surface area (Å²) in [4.78, 5) is 36.0. The average molecular weight is 691 g/mol. The van der Waals surface area contributed by atoms with Crippen LogP contribution in [0.15, 0.2) is 146 Å². The van der Waals surface area contributed by atoms with Crippen molar-refractivity contribution in [1.82, 2.24) is 9.97 Å². The Hall–Kier alpha value is -5.62. The summed E-state index contributed by atoms with van der Waals surface area (Å²) in [7, 11) is 0. The molecule has 266 valence electrons. The highest BCUT2D eigenvalue weighted by molar-refractivity contribution is 6.08. The highest BCUT2D eigenvalue weighted by Gasteiger charge is 2.49. The van der Waals surface area contributed by atoms with Crippen molar-refractivity contribution in [3.05, 3.63) is 158 Å². The van der Waals surface area contributed by atoms with E-state index in [2.05, 4.69) is 91.2 Å². The van der Waals surface area contributed by atoms with Gasteiger partial charge in [-0.25, -0.2) is 0 Å². The lowest BCUT2D eigenvalue weighted by molar-refractivity contribution is -0.132. The fourth-order valence-electron chi connectivity index (χ4n) is 6.78. The van der Waals surface area contributed by atoms with Gasteiger partial charge in [0.05, 0.1) is 34.2 Å². The molecular formula is C46H50N4O2. The summed E-state index contributed by atoms with van der Waals surface area (Å²) in [6.45, 7) is 14.1. The van der Waals surface area contributed by atoms with Crippen LogP contribution in [0.1, 0.15) is 45.2 Å². The van der Waals surface area contributed by atoms with Gasteiger partial charge >= 0.3 is 0 Å². The molecule has 3 unspecified atom stereocenters. The third kappa shape index (κ3) is 9.18. The monoisotopic (exact) mass is 690 g/mol. The molecule has 7 rings (SSSR count). The first kappa shape index (κ1) is 37.6. The molecule has 6 nitrogen and oxygen atoms in total. The van der Waals surface area contributed by atoms with E-state index in [-0.39, 0.29) is 35.6 Å². The lowest BCUT2D eigenvalue weighted by Crippen LogP contribution is -2.63. The summed E-state index contributed by atoms with van der Waals surface area (Å²) < 4.78 is 0. The smallest absolute Gasteiger partial charge is 0.232 e. The number of amides is 2. The van der Waals surface area contributed by atoms with Gasteiger partial charge in [-0.3, -0.25) is 19.6 Å². The van der Waals surface area contributed by atoms with Crippen LogP contribution in [-0.4, -0.2) is 27.8 Å². The normalized spacial score (nSPS) is 15.6. The molecule has 2 amide bonds. The lowest BCUT2D eigenvalue weighted by atomic mass is 9.76. The number of nitrogens with one attached hydrogen (secondary N) is 1. The Morgan fingerprint density at radius 2 is 1.35 bits per heavy atom. The zero-order chi connectivity index (χ0) is 37.0. The highest BCUT2D eigenvalue weighted by atomic mass is 16.2. The topological polar surface area (TPSA) is 75.2 Å². The van der Waals surface area contributed by atoms with Gasteiger partial charge in [-0.1, -0.05) is 136 Å². The molecule has 1 aliphatic rings. The van der Waals surface area contributed by atoms with Crippen molar-refractivity contribution < 1.29 is 9.59 Å². The van der Waals surface area contributed by atoms with Crippen LogP contribution in [0.2, 0.25) is 0 Å². The van der Waals surface area contributed by atoms with Crippen LogP contribution in [0.4, 0.5) is 11.4 Å². The Morgan fingerprint density at radius 1 is 0.769 bits per heavy atom. The van der Waals surface area contributed by atoms with Gasteiger partial charge in [0.2, 0.25) is 11.8 Å². The third-order valence-electron chi connectivity index (χ3n) is 9.54. The van der Waals surface area contributed by atoms with Crippen LogP contribution in [0.25, 0.3) is 21.8 Å². The molecule has 3 atom stereocenters. The molecule has 6 aromatic rings. The number of nitrogens with zero attached hydrogens (tertiary/aromatic N) is 3. The fraction of sp³-hybridized carbons (Fsp3) is 0.261. The molecule has 0 spiro atoms. The zero-order valence-electron chi connectivity index (χ0n) is 30.9. The Kier molecular flexibility index (Phi) is 13.1. The van der Waals surface area contributed by atoms with Gasteiger partial charge < -0.3 is 10.2 Å². The van der Waals surface area contributed by atoms with E-state index in [4.69, 9.17) is 0 Å². The largest absolute Gasteiger partial charge is 0.324 e. The summed E-state index contributed by atoms with van der Waals surface area (Å²) in [6.07, 6.45) is 7.18. The van der Waals surface area contributed by atoms with Crippen LogP contribution in [0.5, 0.6) is 0 Å². The first-order valence-corrected chi connectivity index (χ1v) is 18.2. The van der Waals surface area contributed by atoms with Crippen molar-refractivity contribution in [2.75, 3.05) is 10.2 Å². The third-order valence-corrected chi connectivity index (χ3v) is 9.54. The molecular weight excluding hydrogens is 641 g/mol. The quantitative estimate of drug-likeness (QED) is 0.121. The number of benzene rings is 4. The van der Waals surface area contributed by atoms with Crippen molar-refractivity contribution >= 4 is 45.0 Å². The predicted octanol–water partition coefficient (Wildman–Crippen LogP) is 10.5. The van der Waals surface area contributed by atoms with E-state index in [0.717, 1.165) is 46.0 Å². The summed E-state index contributed by atoms with van der Waals surface area (Å²) in [5.74, 6) is 0.666. The second kappa shape index (κ2) is 18.0. The van der Waals surface area contributed by atoms with E-state index in [1.54, 1.807) is 18.5 Å². The van der Waals surface area contributed by atoms with E-state index >= 15 is 0 Å². The highest BCUT2D eigenvalue weighted by Crippen LogP contribution is 2.41.